The van der Waals surface area contributed by atoms with Crippen molar-refractivity contribution in [3.63, 3.8) is 0 Å². The lowest BCUT2D eigenvalue weighted by atomic mass is 10.2. The number of anilines is 2. The Balaban J connectivity index is 1.60. The van der Waals surface area contributed by atoms with Crippen LogP contribution in [0.15, 0.2) is 53.0 Å². The Hall–Kier alpha value is -2.41. The monoisotopic (exact) mass is 391 g/mol. The van der Waals surface area contributed by atoms with Crippen LogP contribution in [0, 0.1) is 5.82 Å². The third kappa shape index (κ3) is 3.73. The number of carbonyl (C=O) groups is 2. The lowest BCUT2D eigenvalue weighted by Gasteiger charge is -2.17. The second-order valence-corrected chi connectivity index (χ2v) is 6.38. The summed E-state index contributed by atoms with van der Waals surface area (Å²) in [7, 11) is 0. The summed E-state index contributed by atoms with van der Waals surface area (Å²) in [5, 5.41) is 5.17. The van der Waals surface area contributed by atoms with Crippen molar-refractivity contribution in [2.45, 2.75) is 12.5 Å². The van der Waals surface area contributed by atoms with E-state index < -0.39 is 11.8 Å². The first-order chi connectivity index (χ1) is 11.5. The van der Waals surface area contributed by atoms with Gasteiger partial charge in [-0.3, -0.25) is 4.79 Å². The van der Waals surface area contributed by atoms with E-state index in [0.29, 0.717) is 11.0 Å². The first-order valence-corrected chi connectivity index (χ1v) is 8.20. The molecule has 1 saturated heterocycles. The van der Waals surface area contributed by atoms with Crippen LogP contribution in [0.25, 0.3) is 0 Å². The molecule has 3 rings (SSSR count). The van der Waals surface area contributed by atoms with Gasteiger partial charge in [-0.15, -0.1) is 0 Å². The maximum Gasteiger partial charge on any atom is 0.319 e. The van der Waals surface area contributed by atoms with Crippen LogP contribution in [-0.4, -0.2) is 24.5 Å². The van der Waals surface area contributed by atoms with Crippen molar-refractivity contribution >= 4 is 39.2 Å². The Morgan fingerprint density at radius 3 is 2.67 bits per heavy atom. The molecule has 1 aliphatic heterocycles. The maximum absolute atomic E-state index is 13.7. The number of urea groups is 1. The fourth-order valence-electron chi connectivity index (χ4n) is 2.60. The van der Waals surface area contributed by atoms with Gasteiger partial charge in [-0.2, -0.15) is 0 Å². The first-order valence-electron chi connectivity index (χ1n) is 7.41. The Kier molecular flexibility index (Phi) is 4.80. The predicted octanol–water partition coefficient (Wildman–Crippen LogP) is 3.52. The average Bonchev–Trinajstić information content (AvgIpc) is 2.91. The molecule has 0 aliphatic carbocycles. The molecular formula is C17H15BrFN3O2. The molecule has 0 radical (unpaired) electrons. The second kappa shape index (κ2) is 7.00. The molecule has 2 aromatic carbocycles. The Morgan fingerprint density at radius 1 is 1.21 bits per heavy atom. The minimum absolute atomic E-state index is 0.0543. The summed E-state index contributed by atoms with van der Waals surface area (Å²) in [5.41, 5.74) is 0.881. The SMILES string of the molecule is O=C(Nc1ccc(Br)cc1F)N[C@@H]1CC(=O)N(c2ccccc2)C1. The van der Waals surface area contributed by atoms with Gasteiger partial charge in [0.1, 0.15) is 5.82 Å². The minimum atomic E-state index is -0.538. The van der Waals surface area contributed by atoms with Gasteiger partial charge in [0.2, 0.25) is 5.91 Å². The number of benzene rings is 2. The van der Waals surface area contributed by atoms with Crippen LogP contribution in [0.2, 0.25) is 0 Å². The zero-order valence-corrected chi connectivity index (χ0v) is 14.2. The summed E-state index contributed by atoms with van der Waals surface area (Å²) in [4.78, 5) is 25.8. The molecule has 0 bridgehead atoms. The van der Waals surface area contributed by atoms with Gasteiger partial charge in [-0.25, -0.2) is 9.18 Å². The average molecular weight is 392 g/mol. The lowest BCUT2D eigenvalue weighted by molar-refractivity contribution is -0.117. The molecule has 0 saturated carbocycles. The summed E-state index contributed by atoms with van der Waals surface area (Å²) >= 11 is 3.16. The molecule has 0 unspecified atom stereocenters. The highest BCUT2D eigenvalue weighted by molar-refractivity contribution is 9.10. The molecule has 24 heavy (non-hydrogen) atoms. The van der Waals surface area contributed by atoms with Crippen LogP contribution < -0.4 is 15.5 Å². The topological polar surface area (TPSA) is 61.4 Å². The van der Waals surface area contributed by atoms with E-state index in [1.54, 1.807) is 11.0 Å². The molecule has 2 N–H and O–H groups in total. The van der Waals surface area contributed by atoms with Crippen molar-refractivity contribution in [1.82, 2.24) is 5.32 Å². The molecule has 1 aliphatic rings. The highest BCUT2D eigenvalue weighted by Crippen LogP contribution is 2.22. The fourth-order valence-corrected chi connectivity index (χ4v) is 2.93. The molecule has 0 spiro atoms. The molecule has 2 aromatic rings. The van der Waals surface area contributed by atoms with E-state index in [4.69, 9.17) is 0 Å². The van der Waals surface area contributed by atoms with Crippen molar-refractivity contribution < 1.29 is 14.0 Å². The van der Waals surface area contributed by atoms with Gasteiger partial charge in [0.15, 0.2) is 0 Å². The predicted molar refractivity (Wildman–Crippen MR) is 93.5 cm³/mol. The number of rotatable bonds is 3. The largest absolute Gasteiger partial charge is 0.333 e. The Morgan fingerprint density at radius 2 is 1.96 bits per heavy atom. The molecule has 0 aromatic heterocycles. The van der Waals surface area contributed by atoms with E-state index in [1.807, 2.05) is 30.3 Å². The van der Waals surface area contributed by atoms with E-state index >= 15 is 0 Å². The number of carbonyl (C=O) groups excluding carboxylic acids is 2. The number of halogens is 2. The summed E-state index contributed by atoms with van der Waals surface area (Å²) < 4.78 is 14.3. The van der Waals surface area contributed by atoms with Crippen LogP contribution in [-0.2, 0) is 4.79 Å². The molecule has 7 heteroatoms. The quantitative estimate of drug-likeness (QED) is 0.840. The zero-order chi connectivity index (χ0) is 17.1. The zero-order valence-electron chi connectivity index (χ0n) is 12.6. The van der Waals surface area contributed by atoms with E-state index in [0.717, 1.165) is 5.69 Å². The van der Waals surface area contributed by atoms with Crippen LogP contribution in [0.3, 0.4) is 0 Å². The van der Waals surface area contributed by atoms with Crippen LogP contribution in [0.5, 0.6) is 0 Å². The third-order valence-corrected chi connectivity index (χ3v) is 4.20. The van der Waals surface area contributed by atoms with E-state index in [1.165, 1.54) is 12.1 Å². The Labute approximate surface area is 147 Å². The first kappa shape index (κ1) is 16.4. The molecule has 124 valence electrons. The van der Waals surface area contributed by atoms with Gasteiger partial charge in [-0.1, -0.05) is 34.1 Å². The maximum atomic E-state index is 13.7. The van der Waals surface area contributed by atoms with Gasteiger partial charge in [0.25, 0.3) is 0 Å². The molecule has 5 nitrogen and oxygen atoms in total. The van der Waals surface area contributed by atoms with E-state index in [9.17, 15) is 14.0 Å². The van der Waals surface area contributed by atoms with Gasteiger partial charge in [0, 0.05) is 23.1 Å². The van der Waals surface area contributed by atoms with Gasteiger partial charge in [-0.05, 0) is 30.3 Å². The van der Waals surface area contributed by atoms with Gasteiger partial charge >= 0.3 is 6.03 Å². The number of nitrogens with zero attached hydrogens (tertiary/aromatic N) is 1. The van der Waals surface area contributed by atoms with Gasteiger partial charge in [0.05, 0.1) is 11.7 Å². The van der Waals surface area contributed by atoms with Crippen LogP contribution in [0.4, 0.5) is 20.6 Å². The van der Waals surface area contributed by atoms with Crippen molar-refractivity contribution in [3.05, 3.63) is 58.8 Å². The van der Waals surface area contributed by atoms with Crippen LogP contribution >= 0.6 is 15.9 Å². The summed E-state index contributed by atoms with van der Waals surface area (Å²) in [5.74, 6) is -0.589. The molecule has 1 heterocycles. The minimum Gasteiger partial charge on any atom is -0.333 e. The smallest absolute Gasteiger partial charge is 0.319 e. The second-order valence-electron chi connectivity index (χ2n) is 5.46. The number of amides is 3. The van der Waals surface area contributed by atoms with E-state index in [2.05, 4.69) is 26.6 Å². The summed E-state index contributed by atoms with van der Waals surface area (Å²) in [6.45, 7) is 0.388. The number of hydrogen-bond donors (Lipinski definition) is 2. The highest BCUT2D eigenvalue weighted by atomic mass is 79.9. The van der Waals surface area contributed by atoms with Crippen LogP contribution in [0.1, 0.15) is 6.42 Å². The third-order valence-electron chi connectivity index (χ3n) is 3.71. The Bertz CT molecular complexity index is 770. The fraction of sp³-hybridized carbons (Fsp3) is 0.176. The normalized spacial score (nSPS) is 17.0. The van der Waals surface area contributed by atoms with Crippen molar-refractivity contribution in [2.24, 2.45) is 0 Å². The van der Waals surface area contributed by atoms with E-state index in [-0.39, 0.29) is 24.1 Å². The summed E-state index contributed by atoms with van der Waals surface area (Å²) in [6.07, 6.45) is 0.213. The highest BCUT2D eigenvalue weighted by Gasteiger charge is 2.31. The molecule has 3 amide bonds. The summed E-state index contributed by atoms with van der Waals surface area (Å²) in [6, 6.07) is 12.8. The molecule has 1 atom stereocenters. The van der Waals surface area contributed by atoms with Crippen molar-refractivity contribution in [2.75, 3.05) is 16.8 Å². The number of nitrogens with one attached hydrogen (secondary N) is 2. The lowest BCUT2D eigenvalue weighted by Crippen LogP contribution is -2.39. The molecular weight excluding hydrogens is 377 g/mol. The number of hydrogen-bond acceptors (Lipinski definition) is 2. The standard InChI is InChI=1S/C17H15BrFN3O2/c18-11-6-7-15(14(19)8-11)21-17(24)20-12-9-16(23)22(10-12)13-4-2-1-3-5-13/h1-8,12H,9-10H2,(H2,20,21,24)/t12-/m1/s1. The van der Waals surface area contributed by atoms with Crippen molar-refractivity contribution in [1.29, 1.82) is 0 Å². The number of para-hydroxylation sites is 1. The van der Waals surface area contributed by atoms with Crippen molar-refractivity contribution in [3.8, 4) is 0 Å². The van der Waals surface area contributed by atoms with Gasteiger partial charge < -0.3 is 15.5 Å². The molecule has 1 fully saturated rings.